The maximum atomic E-state index is 6.26. The molecule has 1 heterocycles. The van der Waals surface area contributed by atoms with Crippen LogP contribution in [0, 0.1) is 0 Å². The molecule has 2 aromatic rings. The second-order valence-electron chi connectivity index (χ2n) is 4.55. The van der Waals surface area contributed by atoms with Gasteiger partial charge in [-0.2, -0.15) is 5.10 Å². The molecule has 0 fully saturated rings. The molecule has 19 heavy (non-hydrogen) atoms. The van der Waals surface area contributed by atoms with Gasteiger partial charge in [-0.3, -0.25) is 4.68 Å². The Morgan fingerprint density at radius 1 is 1.37 bits per heavy atom. The Morgan fingerprint density at radius 3 is 2.79 bits per heavy atom. The molecule has 1 unspecified atom stereocenters. The topological polar surface area (TPSA) is 29.9 Å². The summed E-state index contributed by atoms with van der Waals surface area (Å²) in [6.07, 6.45) is 5.82. The summed E-state index contributed by atoms with van der Waals surface area (Å²) in [6.45, 7) is 0. The van der Waals surface area contributed by atoms with Crippen LogP contribution in [-0.4, -0.2) is 16.8 Å². The van der Waals surface area contributed by atoms with Crippen molar-refractivity contribution in [3.8, 4) is 0 Å². The van der Waals surface area contributed by atoms with Crippen molar-refractivity contribution in [3.05, 3.63) is 51.8 Å². The van der Waals surface area contributed by atoms with Gasteiger partial charge in [-0.05, 0) is 37.1 Å². The monoisotopic (exact) mass is 297 g/mol. The first-order valence-electron chi connectivity index (χ1n) is 6.20. The average Bonchev–Trinajstić information content (AvgIpc) is 2.81. The molecule has 0 radical (unpaired) electrons. The minimum absolute atomic E-state index is 0.186. The molecule has 0 spiro atoms. The first kappa shape index (κ1) is 14.4. The van der Waals surface area contributed by atoms with Gasteiger partial charge in [-0.25, -0.2) is 0 Å². The number of aryl methyl sites for hydroxylation is 2. The maximum absolute atomic E-state index is 6.26. The van der Waals surface area contributed by atoms with Crippen LogP contribution in [-0.2, 0) is 13.5 Å². The van der Waals surface area contributed by atoms with E-state index in [4.69, 9.17) is 23.2 Å². The minimum atomic E-state index is 0.186. The SMILES string of the molecule is CNC(CCc1cnn(C)c1)c1cccc(Cl)c1Cl. The lowest BCUT2D eigenvalue weighted by atomic mass is 10.0. The fourth-order valence-corrected chi connectivity index (χ4v) is 2.60. The molecular weight excluding hydrogens is 281 g/mol. The Hall–Kier alpha value is -1.03. The van der Waals surface area contributed by atoms with Crippen molar-refractivity contribution in [1.82, 2.24) is 15.1 Å². The van der Waals surface area contributed by atoms with Gasteiger partial charge in [0.15, 0.2) is 0 Å². The Morgan fingerprint density at radius 2 is 2.16 bits per heavy atom. The molecule has 0 aliphatic rings. The first-order chi connectivity index (χ1) is 9.11. The molecule has 5 heteroatoms. The van der Waals surface area contributed by atoms with Crippen LogP contribution >= 0.6 is 23.2 Å². The van der Waals surface area contributed by atoms with Crippen LogP contribution in [0.2, 0.25) is 10.0 Å². The summed E-state index contributed by atoms with van der Waals surface area (Å²) in [4.78, 5) is 0. The van der Waals surface area contributed by atoms with Crippen LogP contribution < -0.4 is 5.32 Å². The van der Waals surface area contributed by atoms with Crippen LogP contribution in [0.1, 0.15) is 23.6 Å². The molecule has 2 rings (SSSR count). The molecular formula is C14H17Cl2N3. The van der Waals surface area contributed by atoms with Crippen molar-refractivity contribution in [3.63, 3.8) is 0 Å². The van der Waals surface area contributed by atoms with Gasteiger partial charge in [0, 0.05) is 19.3 Å². The van der Waals surface area contributed by atoms with E-state index in [1.807, 2.05) is 43.3 Å². The minimum Gasteiger partial charge on any atom is -0.313 e. The van der Waals surface area contributed by atoms with E-state index < -0.39 is 0 Å². The number of halogens is 2. The Bertz CT molecular complexity index is 551. The molecule has 1 aromatic carbocycles. The van der Waals surface area contributed by atoms with Crippen molar-refractivity contribution in [1.29, 1.82) is 0 Å². The van der Waals surface area contributed by atoms with E-state index in [0.717, 1.165) is 18.4 Å². The molecule has 0 amide bonds. The third-order valence-electron chi connectivity index (χ3n) is 3.19. The summed E-state index contributed by atoms with van der Waals surface area (Å²) in [6, 6.07) is 5.93. The molecule has 0 saturated carbocycles. The van der Waals surface area contributed by atoms with Crippen LogP contribution in [0.25, 0.3) is 0 Å². The van der Waals surface area contributed by atoms with Crippen molar-refractivity contribution in [2.75, 3.05) is 7.05 Å². The second kappa shape index (κ2) is 6.42. The van der Waals surface area contributed by atoms with Crippen LogP contribution in [0.3, 0.4) is 0 Å². The van der Waals surface area contributed by atoms with Crippen molar-refractivity contribution in [2.24, 2.45) is 7.05 Å². The van der Waals surface area contributed by atoms with Crippen molar-refractivity contribution in [2.45, 2.75) is 18.9 Å². The molecule has 0 saturated heterocycles. The summed E-state index contributed by atoms with van der Waals surface area (Å²) in [5.41, 5.74) is 2.27. The molecule has 0 aliphatic heterocycles. The number of nitrogens with zero attached hydrogens (tertiary/aromatic N) is 2. The molecule has 102 valence electrons. The summed E-state index contributed by atoms with van der Waals surface area (Å²) < 4.78 is 1.82. The van der Waals surface area contributed by atoms with E-state index in [9.17, 15) is 0 Å². The largest absolute Gasteiger partial charge is 0.313 e. The lowest BCUT2D eigenvalue weighted by molar-refractivity contribution is 0.549. The zero-order chi connectivity index (χ0) is 13.8. The van der Waals surface area contributed by atoms with Crippen LogP contribution in [0.5, 0.6) is 0 Å². The van der Waals surface area contributed by atoms with Crippen molar-refractivity contribution >= 4 is 23.2 Å². The lowest BCUT2D eigenvalue weighted by Gasteiger charge is -2.18. The van der Waals surface area contributed by atoms with Crippen molar-refractivity contribution < 1.29 is 0 Å². The van der Waals surface area contributed by atoms with E-state index in [2.05, 4.69) is 10.4 Å². The van der Waals surface area contributed by atoms with Crippen LogP contribution in [0.4, 0.5) is 0 Å². The smallest absolute Gasteiger partial charge is 0.0640 e. The highest BCUT2D eigenvalue weighted by Gasteiger charge is 2.14. The predicted octanol–water partition coefficient (Wildman–Crippen LogP) is 3.62. The highest BCUT2D eigenvalue weighted by molar-refractivity contribution is 6.42. The first-order valence-corrected chi connectivity index (χ1v) is 6.96. The fourth-order valence-electron chi connectivity index (χ4n) is 2.16. The van der Waals surface area contributed by atoms with E-state index in [0.29, 0.717) is 10.0 Å². The molecule has 3 nitrogen and oxygen atoms in total. The molecule has 0 aliphatic carbocycles. The standard InChI is InChI=1S/C14H17Cl2N3/c1-17-13(7-6-10-8-18-19(2)9-10)11-4-3-5-12(15)14(11)16/h3-5,8-9,13,17H,6-7H2,1-2H3. The van der Waals surface area contributed by atoms with E-state index in [-0.39, 0.29) is 6.04 Å². The number of aromatic nitrogens is 2. The van der Waals surface area contributed by atoms with Gasteiger partial charge in [0.1, 0.15) is 0 Å². The highest BCUT2D eigenvalue weighted by Crippen LogP contribution is 2.31. The van der Waals surface area contributed by atoms with E-state index >= 15 is 0 Å². The van der Waals surface area contributed by atoms with Gasteiger partial charge < -0.3 is 5.32 Å². The zero-order valence-corrected chi connectivity index (χ0v) is 12.5. The number of hydrogen-bond donors (Lipinski definition) is 1. The molecule has 0 bridgehead atoms. The van der Waals surface area contributed by atoms with Gasteiger partial charge in [0.25, 0.3) is 0 Å². The van der Waals surface area contributed by atoms with Gasteiger partial charge in [-0.15, -0.1) is 0 Å². The second-order valence-corrected chi connectivity index (χ2v) is 5.33. The molecule has 1 N–H and O–H groups in total. The normalized spacial score (nSPS) is 12.6. The summed E-state index contributed by atoms with van der Waals surface area (Å²) in [5.74, 6) is 0. The lowest BCUT2D eigenvalue weighted by Crippen LogP contribution is -2.17. The number of benzene rings is 1. The number of hydrogen-bond acceptors (Lipinski definition) is 2. The van der Waals surface area contributed by atoms with Gasteiger partial charge in [-0.1, -0.05) is 35.3 Å². The Labute approximate surface area is 123 Å². The van der Waals surface area contributed by atoms with E-state index in [1.54, 1.807) is 6.07 Å². The van der Waals surface area contributed by atoms with Gasteiger partial charge >= 0.3 is 0 Å². The third-order valence-corrected chi connectivity index (χ3v) is 4.02. The van der Waals surface area contributed by atoms with Gasteiger partial charge in [0.05, 0.1) is 16.2 Å². The average molecular weight is 298 g/mol. The highest BCUT2D eigenvalue weighted by atomic mass is 35.5. The number of rotatable bonds is 5. The quantitative estimate of drug-likeness (QED) is 0.913. The van der Waals surface area contributed by atoms with E-state index in [1.165, 1.54) is 5.56 Å². The zero-order valence-electron chi connectivity index (χ0n) is 11.0. The van der Waals surface area contributed by atoms with Crippen LogP contribution in [0.15, 0.2) is 30.6 Å². The Kier molecular flexibility index (Phi) is 4.86. The van der Waals surface area contributed by atoms with Gasteiger partial charge in [0.2, 0.25) is 0 Å². The predicted molar refractivity (Wildman–Crippen MR) is 79.8 cm³/mol. The Balaban J connectivity index is 2.09. The summed E-state index contributed by atoms with van der Waals surface area (Å²) in [7, 11) is 3.86. The number of nitrogens with one attached hydrogen (secondary N) is 1. The maximum Gasteiger partial charge on any atom is 0.0640 e. The fraction of sp³-hybridized carbons (Fsp3) is 0.357. The summed E-state index contributed by atoms with van der Waals surface area (Å²) >= 11 is 12.3. The third kappa shape index (κ3) is 3.50. The summed E-state index contributed by atoms with van der Waals surface area (Å²) in [5, 5.41) is 8.70. The molecule has 1 atom stereocenters. The molecule has 1 aromatic heterocycles.